The zero-order valence-electron chi connectivity index (χ0n) is 14.9. The molecule has 2 aromatic rings. The maximum atomic E-state index is 12.4. The van der Waals surface area contributed by atoms with Gasteiger partial charge in [-0.25, -0.2) is 13.1 Å². The lowest BCUT2D eigenvalue weighted by Crippen LogP contribution is -2.40. The Morgan fingerprint density at radius 3 is 2.15 bits per heavy atom. The summed E-state index contributed by atoms with van der Waals surface area (Å²) >= 11 is 0. The lowest BCUT2D eigenvalue weighted by atomic mass is 10.1. The monoisotopic (exact) mass is 386 g/mol. The van der Waals surface area contributed by atoms with E-state index in [1.54, 1.807) is 0 Å². The number of hydrogen-bond donors (Lipinski definition) is 1. The van der Waals surface area contributed by atoms with Crippen LogP contribution in [0.15, 0.2) is 59.5 Å². The first-order chi connectivity index (χ1) is 13.0. The highest BCUT2D eigenvalue weighted by atomic mass is 32.2. The van der Waals surface area contributed by atoms with Crippen molar-refractivity contribution in [2.45, 2.75) is 37.0 Å². The van der Waals surface area contributed by atoms with E-state index >= 15 is 0 Å². The Kier molecular flexibility index (Phi) is 6.03. The van der Waals surface area contributed by atoms with Gasteiger partial charge in [0, 0.05) is 19.4 Å². The average Bonchev–Trinajstić information content (AvgIpc) is 2.66. The number of piperidine rings is 1. The highest BCUT2D eigenvalue weighted by Gasteiger charge is 2.27. The SMILES string of the molecule is O=C1CCCC(=O)N1c1ccc(S(=O)(=O)NCCCc2ccccc2)cc1. The van der Waals surface area contributed by atoms with Crippen LogP contribution in [0.4, 0.5) is 5.69 Å². The zero-order valence-corrected chi connectivity index (χ0v) is 15.7. The van der Waals surface area contributed by atoms with E-state index < -0.39 is 10.0 Å². The Morgan fingerprint density at radius 1 is 0.889 bits per heavy atom. The molecule has 1 N–H and O–H groups in total. The first kappa shape index (κ1) is 19.3. The van der Waals surface area contributed by atoms with Crippen molar-refractivity contribution in [3.63, 3.8) is 0 Å². The normalized spacial score (nSPS) is 15.2. The Hall–Kier alpha value is -2.51. The standard InChI is InChI=1S/C20H22N2O4S/c23-19-9-4-10-20(24)22(19)17-11-13-18(14-12-17)27(25,26)21-15-5-8-16-6-2-1-3-7-16/h1-3,6-7,11-14,21H,4-5,8-10,15H2. The second kappa shape index (κ2) is 8.45. The van der Waals surface area contributed by atoms with E-state index in [4.69, 9.17) is 0 Å². The number of anilines is 1. The van der Waals surface area contributed by atoms with Gasteiger partial charge in [0.1, 0.15) is 0 Å². The summed E-state index contributed by atoms with van der Waals surface area (Å²) in [6, 6.07) is 15.7. The van der Waals surface area contributed by atoms with Crippen molar-refractivity contribution in [1.82, 2.24) is 4.72 Å². The third-order valence-corrected chi connectivity index (χ3v) is 5.94. The van der Waals surface area contributed by atoms with E-state index in [-0.39, 0.29) is 16.7 Å². The predicted molar refractivity (Wildman–Crippen MR) is 103 cm³/mol. The van der Waals surface area contributed by atoms with Crippen LogP contribution in [0, 0.1) is 0 Å². The Balaban J connectivity index is 1.59. The van der Waals surface area contributed by atoms with Crippen LogP contribution in [0.2, 0.25) is 0 Å². The lowest BCUT2D eigenvalue weighted by molar-refractivity contribution is -0.129. The summed E-state index contributed by atoms with van der Waals surface area (Å²) in [7, 11) is -3.63. The van der Waals surface area contributed by atoms with Crippen molar-refractivity contribution >= 4 is 27.5 Å². The topological polar surface area (TPSA) is 83.6 Å². The van der Waals surface area contributed by atoms with Gasteiger partial charge in [0.05, 0.1) is 10.6 Å². The molecule has 0 radical (unpaired) electrons. The van der Waals surface area contributed by atoms with Crippen LogP contribution in [0.5, 0.6) is 0 Å². The number of nitrogens with zero attached hydrogens (tertiary/aromatic N) is 1. The van der Waals surface area contributed by atoms with Crippen molar-refractivity contribution in [2.75, 3.05) is 11.4 Å². The molecule has 0 saturated carbocycles. The number of carbonyl (C=O) groups is 2. The number of benzene rings is 2. The first-order valence-electron chi connectivity index (χ1n) is 8.97. The molecule has 6 nitrogen and oxygen atoms in total. The predicted octanol–water partition coefficient (Wildman–Crippen LogP) is 2.64. The van der Waals surface area contributed by atoms with E-state index in [0.717, 1.165) is 16.9 Å². The highest BCUT2D eigenvalue weighted by Crippen LogP contribution is 2.23. The Bertz CT molecular complexity index is 893. The molecular weight excluding hydrogens is 364 g/mol. The summed E-state index contributed by atoms with van der Waals surface area (Å²) in [5, 5.41) is 0. The van der Waals surface area contributed by atoms with Crippen molar-refractivity contribution in [1.29, 1.82) is 0 Å². The number of aryl methyl sites for hydroxylation is 1. The van der Waals surface area contributed by atoms with E-state index in [9.17, 15) is 18.0 Å². The molecule has 0 spiro atoms. The van der Waals surface area contributed by atoms with E-state index in [2.05, 4.69) is 4.72 Å². The molecule has 0 bridgehead atoms. The fourth-order valence-electron chi connectivity index (χ4n) is 3.04. The van der Waals surface area contributed by atoms with Crippen molar-refractivity contribution in [3.8, 4) is 0 Å². The van der Waals surface area contributed by atoms with Crippen LogP contribution in [0.3, 0.4) is 0 Å². The van der Waals surface area contributed by atoms with Gasteiger partial charge in [0.2, 0.25) is 21.8 Å². The van der Waals surface area contributed by atoms with Crippen LogP contribution in [-0.2, 0) is 26.0 Å². The molecule has 1 aliphatic heterocycles. The van der Waals surface area contributed by atoms with Crippen LogP contribution in [0.25, 0.3) is 0 Å². The quantitative estimate of drug-likeness (QED) is 0.586. The zero-order chi connectivity index (χ0) is 19.3. The molecule has 2 amide bonds. The molecule has 1 heterocycles. The molecule has 142 valence electrons. The lowest BCUT2D eigenvalue weighted by Gasteiger charge is -2.24. The van der Waals surface area contributed by atoms with Gasteiger partial charge in [-0.1, -0.05) is 30.3 Å². The van der Waals surface area contributed by atoms with E-state index in [1.807, 2.05) is 30.3 Å². The largest absolute Gasteiger partial charge is 0.274 e. The Morgan fingerprint density at radius 2 is 1.52 bits per heavy atom. The minimum Gasteiger partial charge on any atom is -0.274 e. The number of nitrogens with one attached hydrogen (secondary N) is 1. The molecule has 0 atom stereocenters. The number of amides is 2. The summed E-state index contributed by atoms with van der Waals surface area (Å²) < 4.78 is 27.4. The Labute approximate surface area is 159 Å². The second-order valence-electron chi connectivity index (χ2n) is 6.46. The molecule has 0 aromatic heterocycles. The van der Waals surface area contributed by atoms with Crippen LogP contribution in [-0.4, -0.2) is 26.8 Å². The molecule has 0 aliphatic carbocycles. The maximum Gasteiger partial charge on any atom is 0.240 e. The summed E-state index contributed by atoms with van der Waals surface area (Å²) in [6.45, 7) is 0.335. The molecule has 0 unspecified atom stereocenters. The molecule has 7 heteroatoms. The number of imide groups is 1. The number of sulfonamides is 1. The van der Waals surface area contributed by atoms with Gasteiger partial charge in [0.15, 0.2) is 0 Å². The molecule has 1 fully saturated rings. The van der Waals surface area contributed by atoms with Crippen LogP contribution < -0.4 is 9.62 Å². The van der Waals surface area contributed by atoms with Gasteiger partial charge >= 0.3 is 0 Å². The van der Waals surface area contributed by atoms with Crippen molar-refractivity contribution in [3.05, 3.63) is 60.2 Å². The minimum absolute atomic E-state index is 0.114. The fourth-order valence-corrected chi connectivity index (χ4v) is 4.12. The average molecular weight is 386 g/mol. The molecule has 3 rings (SSSR count). The molecule has 27 heavy (non-hydrogen) atoms. The van der Waals surface area contributed by atoms with Crippen molar-refractivity contribution < 1.29 is 18.0 Å². The fraction of sp³-hybridized carbons (Fsp3) is 0.300. The number of carbonyl (C=O) groups excluding carboxylic acids is 2. The third-order valence-electron chi connectivity index (χ3n) is 4.46. The van der Waals surface area contributed by atoms with Crippen LogP contribution in [0.1, 0.15) is 31.2 Å². The van der Waals surface area contributed by atoms with Gasteiger partial charge in [-0.2, -0.15) is 0 Å². The summed E-state index contributed by atoms with van der Waals surface area (Å²) in [5.74, 6) is -0.498. The first-order valence-corrected chi connectivity index (χ1v) is 10.5. The number of rotatable bonds is 7. The maximum absolute atomic E-state index is 12.4. The minimum atomic E-state index is -3.63. The molecule has 1 aliphatic rings. The van der Waals surface area contributed by atoms with Gasteiger partial charge in [-0.05, 0) is 49.1 Å². The van der Waals surface area contributed by atoms with Crippen molar-refractivity contribution in [2.24, 2.45) is 0 Å². The summed E-state index contributed by atoms with van der Waals surface area (Å²) in [5.41, 5.74) is 1.57. The van der Waals surface area contributed by atoms with Gasteiger partial charge in [-0.15, -0.1) is 0 Å². The second-order valence-corrected chi connectivity index (χ2v) is 8.22. The summed E-state index contributed by atoms with van der Waals surface area (Å²) in [6.07, 6.45) is 2.71. The molecular formula is C20H22N2O4S. The van der Waals surface area contributed by atoms with Gasteiger partial charge in [0.25, 0.3) is 0 Å². The van der Waals surface area contributed by atoms with E-state index in [0.29, 0.717) is 37.9 Å². The molecule has 1 saturated heterocycles. The third kappa shape index (κ3) is 4.81. The molecule has 2 aromatic carbocycles. The van der Waals surface area contributed by atoms with Crippen LogP contribution >= 0.6 is 0 Å². The van der Waals surface area contributed by atoms with Gasteiger partial charge < -0.3 is 0 Å². The van der Waals surface area contributed by atoms with Gasteiger partial charge in [-0.3, -0.25) is 14.5 Å². The highest BCUT2D eigenvalue weighted by molar-refractivity contribution is 7.89. The number of hydrogen-bond acceptors (Lipinski definition) is 4. The van der Waals surface area contributed by atoms with E-state index in [1.165, 1.54) is 24.3 Å². The smallest absolute Gasteiger partial charge is 0.240 e. The summed E-state index contributed by atoms with van der Waals surface area (Å²) in [4.78, 5) is 25.2.